The van der Waals surface area contributed by atoms with Gasteiger partial charge < -0.3 is 24.7 Å². The number of nitrogens with zero attached hydrogens (tertiary/aromatic N) is 4. The molecule has 3 aromatic heterocycles. The van der Waals surface area contributed by atoms with E-state index in [0.717, 1.165) is 39.5 Å². The minimum atomic E-state index is -0.579. The normalized spacial score (nSPS) is 13.3. The zero-order valence-corrected chi connectivity index (χ0v) is 22.1. The number of methoxy groups -OCH3 is 1. The second kappa shape index (κ2) is 11.1. The van der Waals surface area contributed by atoms with Crippen molar-refractivity contribution >= 4 is 46.1 Å². The molecule has 0 atom stereocenters. The van der Waals surface area contributed by atoms with Gasteiger partial charge in [0.15, 0.2) is 11.6 Å². The van der Waals surface area contributed by atoms with Gasteiger partial charge in [-0.25, -0.2) is 18.5 Å². The van der Waals surface area contributed by atoms with Crippen LogP contribution < -0.4 is 15.4 Å². The topological polar surface area (TPSA) is 93.5 Å². The highest BCUT2D eigenvalue weighted by atomic mass is 32.1. The van der Waals surface area contributed by atoms with E-state index in [1.54, 1.807) is 25.4 Å². The van der Waals surface area contributed by atoms with Crippen LogP contribution in [0.1, 0.15) is 18.5 Å². The van der Waals surface area contributed by atoms with Gasteiger partial charge in [-0.1, -0.05) is 12.8 Å². The lowest BCUT2D eigenvalue weighted by atomic mass is 10.3. The fraction of sp³-hybridized carbons (Fsp3) is 0.320. The van der Waals surface area contributed by atoms with Gasteiger partial charge in [-0.05, 0) is 31.0 Å². The van der Waals surface area contributed by atoms with E-state index in [-0.39, 0.29) is 17.8 Å². The van der Waals surface area contributed by atoms with Crippen molar-refractivity contribution in [3.63, 3.8) is 0 Å². The lowest BCUT2D eigenvalue weighted by Crippen LogP contribution is -2.30. The number of urea groups is 1. The Labute approximate surface area is 223 Å². The van der Waals surface area contributed by atoms with Crippen LogP contribution in [0.15, 0.2) is 42.7 Å². The van der Waals surface area contributed by atoms with Crippen LogP contribution in [0, 0.1) is 5.82 Å². The van der Waals surface area contributed by atoms with Gasteiger partial charge in [-0.15, -0.1) is 11.3 Å². The Morgan fingerprint density at radius 2 is 2.11 bits per heavy atom. The van der Waals surface area contributed by atoms with Crippen molar-refractivity contribution in [1.29, 1.82) is 0 Å². The summed E-state index contributed by atoms with van der Waals surface area (Å²) in [5.41, 5.74) is 2.09. The number of anilines is 1. The van der Waals surface area contributed by atoms with Gasteiger partial charge in [0.25, 0.3) is 0 Å². The number of imidazole rings is 1. The van der Waals surface area contributed by atoms with E-state index in [1.165, 1.54) is 23.5 Å². The van der Waals surface area contributed by atoms with Crippen molar-refractivity contribution in [2.45, 2.75) is 25.4 Å². The highest BCUT2D eigenvalue weighted by Gasteiger charge is 2.23. The minimum Gasteiger partial charge on any atom is -0.453 e. The largest absolute Gasteiger partial charge is 0.453 e. The Bertz CT molecular complexity index is 1420. The van der Waals surface area contributed by atoms with Crippen molar-refractivity contribution in [2.75, 3.05) is 25.6 Å². The second-order valence-corrected chi connectivity index (χ2v) is 10.4. The maximum atomic E-state index is 14.8. The highest BCUT2D eigenvalue weighted by molar-refractivity contribution is 7.77. The number of aromatic nitrogens is 3. The first-order valence-corrected chi connectivity index (χ1v) is 13.0. The molecule has 2 N–H and O–H groups in total. The number of rotatable bonds is 10. The number of benzene rings is 1. The van der Waals surface area contributed by atoms with Gasteiger partial charge in [0.05, 0.1) is 40.1 Å². The summed E-state index contributed by atoms with van der Waals surface area (Å²) in [5.74, 6) is 0.760. The molecule has 0 radical (unpaired) electrons. The molecule has 1 aromatic carbocycles. The lowest BCUT2D eigenvalue weighted by Gasteiger charge is -2.14. The van der Waals surface area contributed by atoms with Crippen molar-refractivity contribution in [1.82, 2.24) is 24.2 Å². The smallest absolute Gasteiger partial charge is 0.319 e. The van der Waals surface area contributed by atoms with E-state index in [2.05, 4.69) is 33.4 Å². The highest BCUT2D eigenvalue weighted by Crippen LogP contribution is 2.39. The minimum absolute atomic E-state index is 0.0554. The Kier molecular flexibility index (Phi) is 7.60. The van der Waals surface area contributed by atoms with Crippen LogP contribution >= 0.6 is 24.2 Å². The third-order valence-electron chi connectivity index (χ3n) is 5.90. The summed E-state index contributed by atoms with van der Waals surface area (Å²) in [6.07, 6.45) is 5.41. The number of carbonyl (C=O) groups excluding carboxylic acids is 1. The summed E-state index contributed by atoms with van der Waals surface area (Å²) in [7, 11) is 3.62. The molecular weight excluding hydrogens is 515 g/mol. The van der Waals surface area contributed by atoms with Gasteiger partial charge in [0, 0.05) is 50.8 Å². The van der Waals surface area contributed by atoms with Crippen LogP contribution in [0.25, 0.3) is 20.9 Å². The predicted molar refractivity (Wildman–Crippen MR) is 145 cm³/mol. The van der Waals surface area contributed by atoms with Gasteiger partial charge in [0.1, 0.15) is 11.6 Å². The molecule has 0 bridgehead atoms. The lowest BCUT2D eigenvalue weighted by molar-refractivity contribution is 0.181. The number of hydrogen-bond acceptors (Lipinski definition) is 8. The van der Waals surface area contributed by atoms with Crippen molar-refractivity contribution in [3.05, 3.63) is 54.2 Å². The molecule has 9 nitrogen and oxygen atoms in total. The van der Waals surface area contributed by atoms with Crippen molar-refractivity contribution < 1.29 is 18.7 Å². The third kappa shape index (κ3) is 6.04. The van der Waals surface area contributed by atoms with Crippen LogP contribution in [-0.4, -0.2) is 51.2 Å². The summed E-state index contributed by atoms with van der Waals surface area (Å²) < 4.78 is 30.6. The van der Waals surface area contributed by atoms with E-state index in [1.807, 2.05) is 28.2 Å². The first-order chi connectivity index (χ1) is 17.9. The molecule has 1 aliphatic rings. The number of carbonyl (C=O) groups is 1. The van der Waals surface area contributed by atoms with Gasteiger partial charge in [0.2, 0.25) is 0 Å². The summed E-state index contributed by atoms with van der Waals surface area (Å²) in [4.78, 5) is 21.9. The molecule has 5 rings (SSSR count). The molecule has 0 spiro atoms. The van der Waals surface area contributed by atoms with Gasteiger partial charge in [-0.3, -0.25) is 4.98 Å². The zero-order chi connectivity index (χ0) is 25.9. The molecular formula is C25H27FN6O3S2. The van der Waals surface area contributed by atoms with Crippen LogP contribution in [0.2, 0.25) is 0 Å². The fourth-order valence-electron chi connectivity index (χ4n) is 3.75. The Morgan fingerprint density at radius 1 is 1.27 bits per heavy atom. The fourth-order valence-corrected chi connectivity index (χ4v) is 5.07. The molecule has 1 saturated carbocycles. The predicted octanol–water partition coefficient (Wildman–Crippen LogP) is 5.21. The molecule has 37 heavy (non-hydrogen) atoms. The summed E-state index contributed by atoms with van der Waals surface area (Å²) in [5, 5.41) is 5.46. The number of amides is 2. The number of thiol groups is 1. The Balaban J connectivity index is 1.33. The number of nitrogens with one attached hydrogen (secondary N) is 2. The first kappa shape index (κ1) is 25.5. The molecule has 1 aliphatic carbocycles. The van der Waals surface area contributed by atoms with Crippen molar-refractivity contribution in [2.24, 2.45) is 7.05 Å². The molecule has 12 heteroatoms. The van der Waals surface area contributed by atoms with Crippen LogP contribution in [0.5, 0.6) is 11.5 Å². The van der Waals surface area contributed by atoms with E-state index in [0.29, 0.717) is 31.1 Å². The average Bonchev–Trinajstić information content (AvgIpc) is 3.45. The summed E-state index contributed by atoms with van der Waals surface area (Å²) in [6, 6.07) is 7.88. The van der Waals surface area contributed by atoms with Crippen LogP contribution in [0.3, 0.4) is 0 Å². The maximum Gasteiger partial charge on any atom is 0.319 e. The standard InChI is InChI=1S/C25H27FN6O3S2/c1-31-17(14-32(36)9-10-34-2)13-28-24(31)22-12-19-23(37-22)21(7-8-27-19)35-20-6-5-16(11-18(20)26)30-25(33)29-15-3-4-15/h5-8,11-13,15,36H,3-4,9-10,14H2,1-2H3,(H2,29,30,33). The number of hydrogen-bond donors (Lipinski definition) is 3. The third-order valence-corrected chi connectivity index (χ3v) is 7.38. The maximum absolute atomic E-state index is 14.8. The molecule has 1 fully saturated rings. The van der Waals surface area contributed by atoms with Gasteiger partial charge >= 0.3 is 6.03 Å². The van der Waals surface area contributed by atoms with Crippen molar-refractivity contribution in [3.8, 4) is 22.2 Å². The van der Waals surface area contributed by atoms with E-state index < -0.39 is 5.82 Å². The van der Waals surface area contributed by atoms with E-state index in [9.17, 15) is 9.18 Å². The molecule has 4 aromatic rings. The molecule has 194 valence electrons. The zero-order valence-electron chi connectivity index (χ0n) is 20.4. The van der Waals surface area contributed by atoms with E-state index >= 15 is 0 Å². The molecule has 2 amide bonds. The monoisotopic (exact) mass is 542 g/mol. The first-order valence-electron chi connectivity index (χ1n) is 11.8. The average molecular weight is 543 g/mol. The summed E-state index contributed by atoms with van der Waals surface area (Å²) >= 11 is 5.98. The van der Waals surface area contributed by atoms with Crippen LogP contribution in [-0.2, 0) is 18.3 Å². The molecule has 3 heterocycles. The number of halogens is 1. The molecule has 0 unspecified atom stereocenters. The SMILES string of the molecule is COCCN(S)Cc1cnc(-c2cc3nccc(Oc4ccc(NC(=O)NC5CC5)cc4F)c3s2)n1C. The molecule has 0 aliphatic heterocycles. The Hall–Kier alpha value is -3.19. The molecule has 0 saturated heterocycles. The number of ether oxygens (including phenoxy) is 2. The second-order valence-electron chi connectivity index (χ2n) is 8.77. The number of thiophene rings is 1. The van der Waals surface area contributed by atoms with Crippen LogP contribution in [0.4, 0.5) is 14.9 Å². The Morgan fingerprint density at radius 3 is 2.86 bits per heavy atom. The van der Waals surface area contributed by atoms with E-state index in [4.69, 9.17) is 9.47 Å². The quantitative estimate of drug-likeness (QED) is 0.239. The number of fused-ring (bicyclic) bond motifs is 1. The number of pyridine rings is 1. The van der Waals surface area contributed by atoms with Gasteiger partial charge in [-0.2, -0.15) is 0 Å². The summed E-state index contributed by atoms with van der Waals surface area (Å²) in [6.45, 7) is 1.89.